The van der Waals surface area contributed by atoms with Gasteiger partial charge in [0.2, 0.25) is 0 Å². The molecule has 0 amide bonds. The van der Waals surface area contributed by atoms with E-state index in [0.717, 1.165) is 0 Å². The molecule has 6 heteroatoms. The van der Waals surface area contributed by atoms with Crippen LogP contribution in [0.3, 0.4) is 0 Å². The van der Waals surface area contributed by atoms with Gasteiger partial charge in [-0.05, 0) is 18.2 Å². The van der Waals surface area contributed by atoms with Gasteiger partial charge in [0.15, 0.2) is 5.52 Å². The molecule has 1 N–H and O–H groups in total. The van der Waals surface area contributed by atoms with Crippen LogP contribution in [0.4, 0.5) is 0 Å². The molecule has 3 rings (SSSR count). The molecule has 17 heavy (non-hydrogen) atoms. The van der Waals surface area contributed by atoms with Gasteiger partial charge in [-0.3, -0.25) is 9.36 Å². The third-order valence-electron chi connectivity index (χ3n) is 2.49. The molecule has 0 fully saturated rings. The van der Waals surface area contributed by atoms with E-state index in [-0.39, 0.29) is 5.56 Å². The second-order valence-electron chi connectivity index (χ2n) is 3.50. The molecule has 0 aliphatic rings. The third kappa shape index (κ3) is 1.52. The van der Waals surface area contributed by atoms with Crippen LogP contribution in [0.25, 0.3) is 16.7 Å². The normalized spacial score (nSPS) is 10.9. The van der Waals surface area contributed by atoms with E-state index < -0.39 is 0 Å². The first kappa shape index (κ1) is 10.0. The summed E-state index contributed by atoms with van der Waals surface area (Å²) >= 11 is 6.05. The minimum absolute atomic E-state index is 0.246. The van der Waals surface area contributed by atoms with E-state index in [1.807, 2.05) is 12.1 Å². The summed E-state index contributed by atoms with van der Waals surface area (Å²) in [5.74, 6) is 0. The summed E-state index contributed by atoms with van der Waals surface area (Å²) in [7, 11) is 0. The van der Waals surface area contributed by atoms with Crippen molar-refractivity contribution in [1.82, 2.24) is 20.0 Å². The molecule has 2 heterocycles. The van der Waals surface area contributed by atoms with Gasteiger partial charge in [0.25, 0.3) is 5.56 Å². The van der Waals surface area contributed by atoms with E-state index in [2.05, 4.69) is 15.4 Å². The van der Waals surface area contributed by atoms with E-state index in [9.17, 15) is 4.79 Å². The number of hydrogen-bond acceptors (Lipinski definition) is 3. The Morgan fingerprint density at radius 2 is 2.00 bits per heavy atom. The number of halogens is 1. The first-order valence-corrected chi connectivity index (χ1v) is 5.32. The third-order valence-corrected chi connectivity index (χ3v) is 2.81. The lowest BCUT2D eigenvalue weighted by molar-refractivity contribution is 0.952. The summed E-state index contributed by atoms with van der Waals surface area (Å²) in [6.07, 6.45) is 1.63. The number of para-hydroxylation sites is 1. The van der Waals surface area contributed by atoms with Gasteiger partial charge in [-0.2, -0.15) is 15.4 Å². The maximum Gasteiger partial charge on any atom is 0.285 e. The highest BCUT2D eigenvalue weighted by Gasteiger charge is 2.09. The van der Waals surface area contributed by atoms with Crippen LogP contribution < -0.4 is 5.56 Å². The van der Waals surface area contributed by atoms with Gasteiger partial charge in [0, 0.05) is 6.20 Å². The molecule has 1 aromatic carbocycles. The minimum Gasteiger partial charge on any atom is -0.281 e. The average Bonchev–Trinajstić information content (AvgIpc) is 2.80. The van der Waals surface area contributed by atoms with Crippen LogP contribution in [0, 0.1) is 0 Å². The van der Waals surface area contributed by atoms with Crippen molar-refractivity contribution in [2.24, 2.45) is 0 Å². The molecule has 2 aromatic heterocycles. The molecular weight excluding hydrogens is 240 g/mol. The molecule has 0 unspecified atom stereocenters. The second kappa shape index (κ2) is 3.71. The lowest BCUT2D eigenvalue weighted by atomic mass is 10.3. The SMILES string of the molecule is O=c1c2n[nH]nc2ccn1-c1ccccc1Cl. The number of benzene rings is 1. The summed E-state index contributed by atoms with van der Waals surface area (Å²) in [6, 6.07) is 8.85. The van der Waals surface area contributed by atoms with Crippen LogP contribution >= 0.6 is 11.6 Å². The zero-order valence-corrected chi connectivity index (χ0v) is 9.35. The molecule has 3 aromatic rings. The predicted molar refractivity (Wildman–Crippen MR) is 64.5 cm³/mol. The zero-order chi connectivity index (χ0) is 11.8. The standard InChI is InChI=1S/C11H7ClN4O/c12-7-3-1-2-4-9(7)16-6-5-8-10(11(16)17)14-15-13-8/h1-6H,(H,13,14,15). The summed E-state index contributed by atoms with van der Waals surface area (Å²) in [5.41, 5.74) is 1.22. The van der Waals surface area contributed by atoms with E-state index in [0.29, 0.717) is 21.7 Å². The maximum absolute atomic E-state index is 12.1. The number of pyridine rings is 1. The van der Waals surface area contributed by atoms with E-state index in [1.54, 1.807) is 24.4 Å². The Morgan fingerprint density at radius 1 is 1.18 bits per heavy atom. The average molecular weight is 247 g/mol. The summed E-state index contributed by atoms with van der Waals surface area (Å²) in [6.45, 7) is 0. The van der Waals surface area contributed by atoms with Crippen LogP contribution in [0.15, 0.2) is 41.3 Å². The Morgan fingerprint density at radius 3 is 2.82 bits per heavy atom. The van der Waals surface area contributed by atoms with Gasteiger partial charge in [0.1, 0.15) is 5.52 Å². The van der Waals surface area contributed by atoms with Gasteiger partial charge in [-0.15, -0.1) is 0 Å². The van der Waals surface area contributed by atoms with Crippen LogP contribution in [0.1, 0.15) is 0 Å². The summed E-state index contributed by atoms with van der Waals surface area (Å²) in [5, 5.41) is 10.6. The fourth-order valence-corrected chi connectivity index (χ4v) is 1.90. The lowest BCUT2D eigenvalue weighted by Gasteiger charge is -2.06. The molecule has 0 saturated heterocycles. The number of nitrogens with one attached hydrogen (secondary N) is 1. The quantitative estimate of drug-likeness (QED) is 0.712. The van der Waals surface area contributed by atoms with Crippen molar-refractivity contribution in [2.75, 3.05) is 0 Å². The molecule has 5 nitrogen and oxygen atoms in total. The number of aromatic nitrogens is 4. The van der Waals surface area contributed by atoms with Crippen molar-refractivity contribution in [2.45, 2.75) is 0 Å². The van der Waals surface area contributed by atoms with Crippen molar-refractivity contribution in [3.63, 3.8) is 0 Å². The van der Waals surface area contributed by atoms with Gasteiger partial charge < -0.3 is 0 Å². The largest absolute Gasteiger partial charge is 0.285 e. The number of H-pyrrole nitrogens is 1. The van der Waals surface area contributed by atoms with Gasteiger partial charge in [-0.1, -0.05) is 23.7 Å². The monoisotopic (exact) mass is 246 g/mol. The van der Waals surface area contributed by atoms with E-state index in [4.69, 9.17) is 11.6 Å². The minimum atomic E-state index is -0.246. The molecule has 0 aliphatic heterocycles. The highest BCUT2D eigenvalue weighted by Crippen LogP contribution is 2.18. The van der Waals surface area contributed by atoms with Crippen LogP contribution in [-0.2, 0) is 0 Å². The zero-order valence-electron chi connectivity index (χ0n) is 8.59. The fraction of sp³-hybridized carbons (Fsp3) is 0. The molecular formula is C11H7ClN4O. The van der Waals surface area contributed by atoms with Crippen LogP contribution in [0.2, 0.25) is 5.02 Å². The van der Waals surface area contributed by atoms with Crippen LogP contribution in [0.5, 0.6) is 0 Å². The Balaban J connectivity index is 2.35. The fourth-order valence-electron chi connectivity index (χ4n) is 1.68. The first-order valence-electron chi connectivity index (χ1n) is 4.94. The second-order valence-corrected chi connectivity index (χ2v) is 3.91. The van der Waals surface area contributed by atoms with Crippen molar-refractivity contribution in [3.05, 3.63) is 51.9 Å². The Labute approximate surface area is 101 Å². The Bertz CT molecular complexity index is 746. The maximum atomic E-state index is 12.1. The number of hydrogen-bond donors (Lipinski definition) is 1. The van der Waals surface area contributed by atoms with Crippen molar-refractivity contribution >= 4 is 22.6 Å². The highest BCUT2D eigenvalue weighted by molar-refractivity contribution is 6.32. The molecule has 0 saturated carbocycles. The van der Waals surface area contributed by atoms with Crippen LogP contribution in [-0.4, -0.2) is 20.0 Å². The first-order chi connectivity index (χ1) is 8.27. The summed E-state index contributed by atoms with van der Waals surface area (Å²) < 4.78 is 1.45. The van der Waals surface area contributed by atoms with Gasteiger partial charge in [-0.25, -0.2) is 0 Å². The van der Waals surface area contributed by atoms with Crippen molar-refractivity contribution in [1.29, 1.82) is 0 Å². The number of aromatic amines is 1. The van der Waals surface area contributed by atoms with Gasteiger partial charge in [0.05, 0.1) is 10.7 Å². The van der Waals surface area contributed by atoms with E-state index in [1.165, 1.54) is 4.57 Å². The van der Waals surface area contributed by atoms with Gasteiger partial charge >= 0.3 is 0 Å². The molecule has 0 spiro atoms. The molecule has 84 valence electrons. The number of fused-ring (bicyclic) bond motifs is 1. The lowest BCUT2D eigenvalue weighted by Crippen LogP contribution is -2.18. The molecule has 0 atom stereocenters. The molecule has 0 bridgehead atoms. The van der Waals surface area contributed by atoms with E-state index >= 15 is 0 Å². The smallest absolute Gasteiger partial charge is 0.281 e. The van der Waals surface area contributed by atoms with Crippen molar-refractivity contribution < 1.29 is 0 Å². The topological polar surface area (TPSA) is 63.6 Å². The Hall–Kier alpha value is -2.14. The highest BCUT2D eigenvalue weighted by atomic mass is 35.5. The number of rotatable bonds is 1. The Kier molecular flexibility index (Phi) is 2.19. The molecule has 0 radical (unpaired) electrons. The predicted octanol–water partition coefficient (Wildman–Crippen LogP) is 1.76. The molecule has 0 aliphatic carbocycles. The number of nitrogens with zero attached hydrogens (tertiary/aromatic N) is 3. The summed E-state index contributed by atoms with van der Waals surface area (Å²) in [4.78, 5) is 12.1. The van der Waals surface area contributed by atoms with Crippen molar-refractivity contribution in [3.8, 4) is 5.69 Å².